The summed E-state index contributed by atoms with van der Waals surface area (Å²) in [6.07, 6.45) is 3.04. The number of aryl methyl sites for hydroxylation is 1. The van der Waals surface area contributed by atoms with Crippen LogP contribution in [0.4, 0.5) is 0 Å². The van der Waals surface area contributed by atoms with Gasteiger partial charge in [0.15, 0.2) is 5.78 Å². The van der Waals surface area contributed by atoms with Gasteiger partial charge in [-0.3, -0.25) is 9.59 Å². The van der Waals surface area contributed by atoms with E-state index in [9.17, 15) is 9.59 Å². The van der Waals surface area contributed by atoms with Crippen molar-refractivity contribution in [2.24, 2.45) is 13.0 Å². The van der Waals surface area contributed by atoms with Gasteiger partial charge in [0, 0.05) is 35.8 Å². The Morgan fingerprint density at radius 2 is 1.78 bits per heavy atom. The number of aromatic nitrogens is 1. The number of carbonyl (C=O) groups excluding carboxylic acids is 1. The van der Waals surface area contributed by atoms with Gasteiger partial charge in [-0.05, 0) is 42.0 Å². The fourth-order valence-electron chi connectivity index (χ4n) is 2.74. The predicted octanol–water partition coefficient (Wildman–Crippen LogP) is 4.55. The topological polar surface area (TPSA) is 39.1 Å². The summed E-state index contributed by atoms with van der Waals surface area (Å²) in [5.74, 6) is 0.776. The van der Waals surface area contributed by atoms with Gasteiger partial charge >= 0.3 is 0 Å². The maximum atomic E-state index is 12.6. The van der Waals surface area contributed by atoms with Crippen LogP contribution < -0.4 is 5.56 Å². The molecule has 0 amide bonds. The molecule has 1 heterocycles. The summed E-state index contributed by atoms with van der Waals surface area (Å²) < 4.78 is 2.48. The molecular formula is C19H22BrNO2. The summed E-state index contributed by atoms with van der Waals surface area (Å²) in [5, 5.41) is 0. The molecule has 0 aliphatic carbocycles. The lowest BCUT2D eigenvalue weighted by atomic mass is 9.85. The fraction of sp³-hybridized carbons (Fsp3) is 0.368. The van der Waals surface area contributed by atoms with Crippen LogP contribution in [0.3, 0.4) is 0 Å². The van der Waals surface area contributed by atoms with Gasteiger partial charge < -0.3 is 4.57 Å². The average molecular weight is 376 g/mol. The molecule has 0 bridgehead atoms. The second-order valence-electron chi connectivity index (χ2n) is 6.37. The van der Waals surface area contributed by atoms with Crippen LogP contribution in [0, 0.1) is 5.92 Å². The van der Waals surface area contributed by atoms with E-state index < -0.39 is 0 Å². The van der Waals surface area contributed by atoms with Crippen LogP contribution in [0.5, 0.6) is 0 Å². The Kier molecular flexibility index (Phi) is 5.94. The fourth-order valence-corrected chi connectivity index (χ4v) is 3.01. The Balaban J connectivity index is 2.22. The van der Waals surface area contributed by atoms with Gasteiger partial charge in [0.05, 0.1) is 0 Å². The highest BCUT2D eigenvalue weighted by Gasteiger charge is 2.19. The molecule has 0 radical (unpaired) electrons. The minimum Gasteiger partial charge on any atom is -0.318 e. The van der Waals surface area contributed by atoms with E-state index in [1.807, 2.05) is 12.1 Å². The number of hydrogen-bond donors (Lipinski definition) is 0. The number of ketones is 1. The molecule has 0 fully saturated rings. The number of rotatable bonds is 6. The third-order valence-corrected chi connectivity index (χ3v) is 4.47. The summed E-state index contributed by atoms with van der Waals surface area (Å²) in [6.45, 7) is 4.34. The van der Waals surface area contributed by atoms with E-state index in [0.29, 0.717) is 17.9 Å². The Bertz CT molecular complexity index is 732. The van der Waals surface area contributed by atoms with Crippen molar-refractivity contribution in [3.05, 3.63) is 68.5 Å². The van der Waals surface area contributed by atoms with Gasteiger partial charge in [0.25, 0.3) is 0 Å². The number of benzene rings is 1. The maximum absolute atomic E-state index is 12.6. The minimum atomic E-state index is -0.104. The highest BCUT2D eigenvalue weighted by Crippen LogP contribution is 2.29. The van der Waals surface area contributed by atoms with Crippen molar-refractivity contribution in [1.29, 1.82) is 0 Å². The smallest absolute Gasteiger partial charge is 0.250 e. The number of hydrogen-bond acceptors (Lipinski definition) is 2. The zero-order valence-corrected chi connectivity index (χ0v) is 15.3. The van der Waals surface area contributed by atoms with Gasteiger partial charge in [-0.2, -0.15) is 0 Å². The van der Waals surface area contributed by atoms with Crippen LogP contribution in [-0.2, 0) is 7.05 Å². The predicted molar refractivity (Wildman–Crippen MR) is 97.0 cm³/mol. The van der Waals surface area contributed by atoms with Crippen molar-refractivity contribution in [1.82, 2.24) is 4.57 Å². The summed E-state index contributed by atoms with van der Waals surface area (Å²) in [5.41, 5.74) is 1.67. The largest absolute Gasteiger partial charge is 0.318 e. The van der Waals surface area contributed by atoms with Crippen molar-refractivity contribution in [2.45, 2.75) is 32.6 Å². The molecule has 1 aromatic carbocycles. The molecule has 122 valence electrons. The Morgan fingerprint density at radius 3 is 2.35 bits per heavy atom. The van der Waals surface area contributed by atoms with Gasteiger partial charge in [0.1, 0.15) is 0 Å². The normalized spacial score (nSPS) is 12.4. The monoisotopic (exact) mass is 375 g/mol. The first-order chi connectivity index (χ1) is 10.9. The van der Waals surface area contributed by atoms with E-state index in [2.05, 4.69) is 41.9 Å². The first-order valence-corrected chi connectivity index (χ1v) is 8.61. The van der Waals surface area contributed by atoms with Crippen molar-refractivity contribution in [3.63, 3.8) is 0 Å². The Labute approximate surface area is 145 Å². The molecule has 1 atom stereocenters. The van der Waals surface area contributed by atoms with Crippen LogP contribution in [-0.4, -0.2) is 10.4 Å². The Morgan fingerprint density at radius 1 is 1.13 bits per heavy atom. The number of nitrogens with zero attached hydrogens (tertiary/aromatic N) is 1. The van der Waals surface area contributed by atoms with E-state index in [1.165, 1.54) is 16.2 Å². The Hall–Kier alpha value is -1.68. The summed E-state index contributed by atoms with van der Waals surface area (Å²) >= 11 is 3.45. The highest BCUT2D eigenvalue weighted by atomic mass is 79.9. The van der Waals surface area contributed by atoms with E-state index in [0.717, 1.165) is 10.9 Å². The zero-order chi connectivity index (χ0) is 17.0. The molecule has 0 aliphatic rings. The third kappa shape index (κ3) is 4.90. The van der Waals surface area contributed by atoms with Crippen molar-refractivity contribution >= 4 is 21.7 Å². The average Bonchev–Trinajstić information content (AvgIpc) is 2.49. The van der Waals surface area contributed by atoms with Crippen LogP contribution in [0.25, 0.3) is 0 Å². The first-order valence-electron chi connectivity index (χ1n) is 7.82. The standard InChI is InChI=1S/C19H22BrNO2/c1-13(2)10-16(14-4-7-17(20)8-5-14)11-18(22)15-6-9-19(23)21(3)12-15/h4-9,12-13,16H,10-11H2,1-3H3. The SMILES string of the molecule is CC(C)CC(CC(=O)c1ccc(=O)n(C)c1)c1ccc(Br)cc1. The maximum Gasteiger partial charge on any atom is 0.250 e. The second-order valence-corrected chi connectivity index (χ2v) is 7.29. The highest BCUT2D eigenvalue weighted by molar-refractivity contribution is 9.10. The van der Waals surface area contributed by atoms with Crippen LogP contribution in [0.2, 0.25) is 0 Å². The summed E-state index contributed by atoms with van der Waals surface area (Å²) in [6, 6.07) is 11.2. The molecule has 2 aromatic rings. The number of halogens is 1. The molecule has 0 N–H and O–H groups in total. The molecule has 1 aromatic heterocycles. The second kappa shape index (κ2) is 7.73. The molecule has 0 saturated carbocycles. The van der Waals surface area contributed by atoms with Crippen LogP contribution >= 0.6 is 15.9 Å². The van der Waals surface area contributed by atoms with Crippen molar-refractivity contribution in [3.8, 4) is 0 Å². The summed E-state index contributed by atoms with van der Waals surface area (Å²) in [4.78, 5) is 24.1. The molecule has 23 heavy (non-hydrogen) atoms. The summed E-state index contributed by atoms with van der Waals surface area (Å²) in [7, 11) is 1.67. The van der Waals surface area contributed by atoms with Crippen molar-refractivity contribution in [2.75, 3.05) is 0 Å². The lowest BCUT2D eigenvalue weighted by molar-refractivity contribution is 0.0969. The first kappa shape index (κ1) is 17.7. The van der Waals surface area contributed by atoms with E-state index in [1.54, 1.807) is 19.3 Å². The van der Waals surface area contributed by atoms with E-state index in [-0.39, 0.29) is 17.3 Å². The molecular weight excluding hydrogens is 354 g/mol. The lowest BCUT2D eigenvalue weighted by Gasteiger charge is -2.19. The molecule has 1 unspecified atom stereocenters. The quantitative estimate of drug-likeness (QED) is 0.694. The van der Waals surface area contributed by atoms with E-state index in [4.69, 9.17) is 0 Å². The molecule has 0 saturated heterocycles. The lowest BCUT2D eigenvalue weighted by Crippen LogP contribution is -2.17. The van der Waals surface area contributed by atoms with Crippen molar-refractivity contribution < 1.29 is 4.79 Å². The van der Waals surface area contributed by atoms with Gasteiger partial charge in [-0.25, -0.2) is 0 Å². The third-order valence-electron chi connectivity index (χ3n) is 3.94. The van der Waals surface area contributed by atoms with Gasteiger partial charge in [-0.1, -0.05) is 41.9 Å². The molecule has 3 nitrogen and oxygen atoms in total. The van der Waals surface area contributed by atoms with Gasteiger partial charge in [-0.15, -0.1) is 0 Å². The van der Waals surface area contributed by atoms with E-state index >= 15 is 0 Å². The zero-order valence-electron chi connectivity index (χ0n) is 13.8. The van der Waals surface area contributed by atoms with Gasteiger partial charge in [0.2, 0.25) is 5.56 Å². The van der Waals surface area contributed by atoms with Crippen LogP contribution in [0.1, 0.15) is 48.5 Å². The molecule has 4 heteroatoms. The number of pyridine rings is 1. The molecule has 0 aliphatic heterocycles. The molecule has 2 rings (SSSR count). The number of carbonyl (C=O) groups is 1. The molecule has 0 spiro atoms. The minimum absolute atomic E-state index is 0.0779. The number of Topliss-reactive ketones (excluding diaryl/α,β-unsaturated/α-hetero) is 1. The van der Waals surface area contributed by atoms with Crippen LogP contribution in [0.15, 0.2) is 51.9 Å².